The van der Waals surface area contributed by atoms with Gasteiger partial charge in [0.15, 0.2) is 5.79 Å². The molecule has 1 aliphatic heterocycles. The lowest BCUT2D eigenvalue weighted by Gasteiger charge is -2.43. The van der Waals surface area contributed by atoms with Gasteiger partial charge in [-0.15, -0.1) is 0 Å². The molecule has 84 valence electrons. The maximum Gasteiger partial charge on any atom is 0.183 e. The number of nitrogens with one attached hydrogen (secondary N) is 1. The molecule has 1 rings (SSSR count). The highest BCUT2D eigenvalue weighted by Crippen LogP contribution is 2.37. The van der Waals surface area contributed by atoms with E-state index in [2.05, 4.69) is 33.0 Å². The summed E-state index contributed by atoms with van der Waals surface area (Å²) in [5, 5.41) is 3.59. The minimum absolute atomic E-state index is 0.0717. The second kappa shape index (κ2) is 3.47. The number of ether oxygens (including phenoxy) is 2. The van der Waals surface area contributed by atoms with Crippen molar-refractivity contribution in [2.75, 3.05) is 13.7 Å². The van der Waals surface area contributed by atoms with E-state index in [1.54, 1.807) is 7.11 Å². The predicted octanol–water partition coefficient (Wildman–Crippen LogP) is 1.92. The van der Waals surface area contributed by atoms with Crippen molar-refractivity contribution >= 4 is 0 Å². The zero-order valence-electron chi connectivity index (χ0n) is 10.2. The maximum absolute atomic E-state index is 5.67. The normalized spacial score (nSPS) is 39.0. The van der Waals surface area contributed by atoms with Gasteiger partial charge in [0, 0.05) is 12.6 Å². The lowest BCUT2D eigenvalue weighted by atomic mass is 9.88. The second-order valence-corrected chi connectivity index (χ2v) is 5.46. The van der Waals surface area contributed by atoms with Crippen LogP contribution in [0.4, 0.5) is 0 Å². The lowest BCUT2D eigenvalue weighted by molar-refractivity contribution is -0.214. The minimum atomic E-state index is -0.514. The van der Waals surface area contributed by atoms with Gasteiger partial charge in [0.1, 0.15) is 0 Å². The van der Waals surface area contributed by atoms with E-state index in [1.807, 2.05) is 6.92 Å². The van der Waals surface area contributed by atoms with Crippen molar-refractivity contribution in [3.05, 3.63) is 0 Å². The third-order valence-electron chi connectivity index (χ3n) is 3.02. The lowest BCUT2D eigenvalue weighted by Crippen LogP contribution is -2.62. The fraction of sp³-hybridized carbons (Fsp3) is 1.00. The third-order valence-corrected chi connectivity index (χ3v) is 3.02. The topological polar surface area (TPSA) is 30.5 Å². The Morgan fingerprint density at radius 3 is 2.29 bits per heavy atom. The molecule has 1 saturated heterocycles. The van der Waals surface area contributed by atoms with Crippen LogP contribution in [-0.4, -0.2) is 30.6 Å². The molecule has 0 aromatic carbocycles. The molecule has 0 unspecified atom stereocenters. The minimum Gasteiger partial charge on any atom is -0.352 e. The molecule has 2 atom stereocenters. The van der Waals surface area contributed by atoms with E-state index in [4.69, 9.17) is 9.47 Å². The molecular formula is C11H23NO2. The summed E-state index contributed by atoms with van der Waals surface area (Å²) in [7, 11) is 1.70. The highest BCUT2D eigenvalue weighted by Gasteiger charge is 2.51. The summed E-state index contributed by atoms with van der Waals surface area (Å²) < 4.78 is 11.1. The van der Waals surface area contributed by atoms with Crippen LogP contribution in [0, 0.1) is 0 Å². The molecule has 1 fully saturated rings. The molecule has 0 spiro atoms. The Kier molecular flexibility index (Phi) is 2.96. The largest absolute Gasteiger partial charge is 0.352 e. The fourth-order valence-corrected chi connectivity index (χ4v) is 2.12. The van der Waals surface area contributed by atoms with Crippen LogP contribution in [0.15, 0.2) is 0 Å². The molecule has 1 aliphatic rings. The van der Waals surface area contributed by atoms with E-state index in [1.165, 1.54) is 0 Å². The Labute approximate surface area is 87.2 Å². The Morgan fingerprint density at radius 2 is 1.86 bits per heavy atom. The van der Waals surface area contributed by atoms with Gasteiger partial charge in [0.2, 0.25) is 0 Å². The van der Waals surface area contributed by atoms with E-state index < -0.39 is 5.79 Å². The SMILES string of the molecule is CO[C@]1(C)OCC[C@@]1(C)NC(C)(C)C. The van der Waals surface area contributed by atoms with Crippen LogP contribution < -0.4 is 5.32 Å². The van der Waals surface area contributed by atoms with Crippen LogP contribution in [0.5, 0.6) is 0 Å². The average Bonchev–Trinajstić information content (AvgIpc) is 2.25. The van der Waals surface area contributed by atoms with Gasteiger partial charge in [-0.25, -0.2) is 0 Å². The smallest absolute Gasteiger partial charge is 0.183 e. The molecule has 0 saturated carbocycles. The molecular weight excluding hydrogens is 178 g/mol. The first-order valence-electron chi connectivity index (χ1n) is 5.21. The summed E-state index contributed by atoms with van der Waals surface area (Å²) >= 11 is 0. The van der Waals surface area contributed by atoms with E-state index in [0.29, 0.717) is 0 Å². The highest BCUT2D eigenvalue weighted by molar-refractivity contribution is 5.02. The summed E-state index contributed by atoms with van der Waals surface area (Å²) in [5.41, 5.74) is -0.0394. The fourth-order valence-electron chi connectivity index (χ4n) is 2.12. The van der Waals surface area contributed by atoms with E-state index in [9.17, 15) is 0 Å². The van der Waals surface area contributed by atoms with Crippen molar-refractivity contribution in [3.8, 4) is 0 Å². The Balaban J connectivity index is 2.82. The monoisotopic (exact) mass is 201 g/mol. The Hall–Kier alpha value is -0.120. The first-order chi connectivity index (χ1) is 6.22. The van der Waals surface area contributed by atoms with Gasteiger partial charge in [-0.05, 0) is 41.0 Å². The second-order valence-electron chi connectivity index (χ2n) is 5.46. The molecule has 0 aromatic heterocycles. The molecule has 3 nitrogen and oxygen atoms in total. The molecule has 1 heterocycles. The molecule has 0 amide bonds. The van der Waals surface area contributed by atoms with Gasteiger partial charge in [-0.1, -0.05) is 0 Å². The molecule has 0 bridgehead atoms. The van der Waals surface area contributed by atoms with E-state index in [0.717, 1.165) is 13.0 Å². The standard InChI is InChI=1S/C11H23NO2/c1-9(2,3)12-10(4)7-8-14-11(10,5)13-6/h12H,7-8H2,1-6H3/t10-,11-/m1/s1. The number of rotatable bonds is 2. The summed E-state index contributed by atoms with van der Waals surface area (Å²) in [6.45, 7) is 11.4. The number of methoxy groups -OCH3 is 1. The molecule has 0 aromatic rings. The summed E-state index contributed by atoms with van der Waals surface area (Å²) in [6, 6.07) is 0. The van der Waals surface area contributed by atoms with Crippen LogP contribution >= 0.6 is 0 Å². The third kappa shape index (κ3) is 2.10. The zero-order valence-corrected chi connectivity index (χ0v) is 10.2. The van der Waals surface area contributed by atoms with Gasteiger partial charge >= 0.3 is 0 Å². The van der Waals surface area contributed by atoms with Gasteiger partial charge in [0.05, 0.1) is 12.1 Å². The van der Waals surface area contributed by atoms with E-state index >= 15 is 0 Å². The number of hydrogen-bond acceptors (Lipinski definition) is 3. The van der Waals surface area contributed by atoms with Crippen LogP contribution in [0.3, 0.4) is 0 Å². The van der Waals surface area contributed by atoms with Crippen LogP contribution in [-0.2, 0) is 9.47 Å². The highest BCUT2D eigenvalue weighted by atomic mass is 16.7. The molecule has 3 heteroatoms. The van der Waals surface area contributed by atoms with Gasteiger partial charge in [0.25, 0.3) is 0 Å². The molecule has 0 radical (unpaired) electrons. The van der Waals surface area contributed by atoms with Crippen molar-refractivity contribution in [1.29, 1.82) is 0 Å². The van der Waals surface area contributed by atoms with Crippen molar-refractivity contribution < 1.29 is 9.47 Å². The van der Waals surface area contributed by atoms with Crippen molar-refractivity contribution in [2.45, 2.75) is 57.9 Å². The van der Waals surface area contributed by atoms with E-state index in [-0.39, 0.29) is 11.1 Å². The average molecular weight is 201 g/mol. The van der Waals surface area contributed by atoms with Gasteiger partial charge < -0.3 is 14.8 Å². The predicted molar refractivity (Wildman–Crippen MR) is 57.3 cm³/mol. The molecule has 1 N–H and O–H groups in total. The Morgan fingerprint density at radius 1 is 1.29 bits per heavy atom. The quantitative estimate of drug-likeness (QED) is 0.740. The van der Waals surface area contributed by atoms with Crippen LogP contribution in [0.25, 0.3) is 0 Å². The van der Waals surface area contributed by atoms with Crippen molar-refractivity contribution in [1.82, 2.24) is 5.32 Å². The van der Waals surface area contributed by atoms with Crippen LogP contribution in [0.2, 0.25) is 0 Å². The Bertz CT molecular complexity index is 212. The molecule has 14 heavy (non-hydrogen) atoms. The first-order valence-corrected chi connectivity index (χ1v) is 5.21. The van der Waals surface area contributed by atoms with Crippen LogP contribution in [0.1, 0.15) is 41.0 Å². The first kappa shape index (κ1) is 12.0. The van der Waals surface area contributed by atoms with Gasteiger partial charge in [-0.3, -0.25) is 0 Å². The van der Waals surface area contributed by atoms with Gasteiger partial charge in [-0.2, -0.15) is 0 Å². The summed E-state index contributed by atoms with van der Waals surface area (Å²) in [4.78, 5) is 0. The van der Waals surface area contributed by atoms with Crippen molar-refractivity contribution in [3.63, 3.8) is 0 Å². The summed E-state index contributed by atoms with van der Waals surface area (Å²) in [6.07, 6.45) is 0.981. The number of hydrogen-bond donors (Lipinski definition) is 1. The van der Waals surface area contributed by atoms with Crippen molar-refractivity contribution in [2.24, 2.45) is 0 Å². The summed E-state index contributed by atoms with van der Waals surface area (Å²) in [5.74, 6) is -0.514. The maximum atomic E-state index is 5.67. The zero-order chi connectivity index (χ0) is 11.0. The molecule has 0 aliphatic carbocycles.